The number of aliphatic hydroxyl groups is 2. The van der Waals surface area contributed by atoms with E-state index in [9.17, 15) is 9.90 Å². The van der Waals surface area contributed by atoms with E-state index in [1.54, 1.807) is 30.6 Å². The first kappa shape index (κ1) is 17.7. The highest BCUT2D eigenvalue weighted by Crippen LogP contribution is 2.45. The molecule has 0 saturated carbocycles. The van der Waals surface area contributed by atoms with Crippen molar-refractivity contribution in [1.82, 2.24) is 4.98 Å². The van der Waals surface area contributed by atoms with Gasteiger partial charge >= 0.3 is 0 Å². The summed E-state index contributed by atoms with van der Waals surface area (Å²) in [5, 5.41) is 19.3. The maximum absolute atomic E-state index is 13.1. The molecule has 6 nitrogen and oxygen atoms in total. The van der Waals surface area contributed by atoms with Gasteiger partial charge < -0.3 is 19.4 Å². The third-order valence-electron chi connectivity index (χ3n) is 5.10. The van der Waals surface area contributed by atoms with Crippen LogP contribution in [0.2, 0.25) is 0 Å². The highest BCUT2D eigenvalue weighted by Gasteiger charge is 2.41. The van der Waals surface area contributed by atoms with Gasteiger partial charge in [0.1, 0.15) is 23.7 Å². The number of aliphatic hydroxyl groups excluding tert-OH is 2. The molecule has 1 aliphatic carbocycles. The van der Waals surface area contributed by atoms with Gasteiger partial charge in [0.15, 0.2) is 5.78 Å². The Hall–Kier alpha value is -2.70. The molecule has 1 aromatic carbocycles. The third-order valence-corrected chi connectivity index (χ3v) is 5.10. The summed E-state index contributed by atoms with van der Waals surface area (Å²) in [4.78, 5) is 17.3. The van der Waals surface area contributed by atoms with E-state index in [4.69, 9.17) is 14.3 Å². The Bertz CT molecular complexity index is 1020. The van der Waals surface area contributed by atoms with Crippen LogP contribution in [0.4, 0.5) is 0 Å². The molecule has 0 fully saturated rings. The van der Waals surface area contributed by atoms with Gasteiger partial charge in [0, 0.05) is 30.0 Å². The number of furan rings is 1. The zero-order valence-corrected chi connectivity index (χ0v) is 15.2. The first-order valence-corrected chi connectivity index (χ1v) is 8.91. The van der Waals surface area contributed by atoms with E-state index >= 15 is 0 Å². The molecule has 0 saturated heterocycles. The number of ketones is 1. The first-order chi connectivity index (χ1) is 12.9. The SMILES string of the molecule is CC1(C)c2cc(OC[C@@H](O)CCO)ccc2C(=O)c2c1oc1ccncc21. The van der Waals surface area contributed by atoms with Crippen LogP contribution in [0.25, 0.3) is 11.0 Å². The summed E-state index contributed by atoms with van der Waals surface area (Å²) >= 11 is 0. The van der Waals surface area contributed by atoms with Gasteiger partial charge in [-0.2, -0.15) is 0 Å². The molecule has 2 aromatic heterocycles. The van der Waals surface area contributed by atoms with Gasteiger partial charge in [-0.25, -0.2) is 0 Å². The number of hydrogen-bond donors (Lipinski definition) is 2. The Morgan fingerprint density at radius 1 is 1.30 bits per heavy atom. The number of rotatable bonds is 5. The van der Waals surface area contributed by atoms with Gasteiger partial charge in [-0.05, 0) is 50.1 Å². The van der Waals surface area contributed by atoms with Crippen LogP contribution in [0, 0.1) is 0 Å². The summed E-state index contributed by atoms with van der Waals surface area (Å²) in [7, 11) is 0. The van der Waals surface area contributed by atoms with Crippen LogP contribution in [0.15, 0.2) is 41.1 Å². The van der Waals surface area contributed by atoms with Crippen molar-refractivity contribution >= 4 is 16.8 Å². The average Bonchev–Trinajstić information content (AvgIpc) is 3.06. The van der Waals surface area contributed by atoms with Gasteiger partial charge in [0.2, 0.25) is 0 Å². The van der Waals surface area contributed by atoms with E-state index in [-0.39, 0.29) is 25.4 Å². The molecule has 27 heavy (non-hydrogen) atoms. The molecule has 140 valence electrons. The van der Waals surface area contributed by atoms with Crippen LogP contribution < -0.4 is 4.74 Å². The molecular weight excluding hydrogens is 346 g/mol. The van der Waals surface area contributed by atoms with Gasteiger partial charge in [-0.1, -0.05) is 0 Å². The van der Waals surface area contributed by atoms with E-state index < -0.39 is 11.5 Å². The molecule has 2 N–H and O–H groups in total. The van der Waals surface area contributed by atoms with Crippen molar-refractivity contribution in [2.24, 2.45) is 0 Å². The molecule has 1 atom stereocenters. The van der Waals surface area contributed by atoms with Crippen molar-refractivity contribution in [1.29, 1.82) is 0 Å². The maximum Gasteiger partial charge on any atom is 0.197 e. The van der Waals surface area contributed by atoms with Crippen molar-refractivity contribution in [3.8, 4) is 5.75 Å². The lowest BCUT2D eigenvalue weighted by Gasteiger charge is -2.30. The summed E-state index contributed by atoms with van der Waals surface area (Å²) in [5.74, 6) is 1.10. The monoisotopic (exact) mass is 367 g/mol. The second kappa shape index (κ2) is 6.48. The Labute approximate surface area is 156 Å². The zero-order valence-electron chi connectivity index (χ0n) is 15.2. The highest BCUT2D eigenvalue weighted by atomic mass is 16.5. The molecule has 0 aliphatic heterocycles. The number of carbonyl (C=O) groups is 1. The van der Waals surface area contributed by atoms with Crippen molar-refractivity contribution < 1.29 is 24.2 Å². The molecule has 0 bridgehead atoms. The van der Waals surface area contributed by atoms with E-state index in [0.717, 1.165) is 10.9 Å². The number of carbonyl (C=O) groups excluding carboxylic acids is 1. The maximum atomic E-state index is 13.1. The Morgan fingerprint density at radius 3 is 2.89 bits per heavy atom. The van der Waals surface area contributed by atoms with Gasteiger partial charge in [0.25, 0.3) is 0 Å². The first-order valence-electron chi connectivity index (χ1n) is 8.91. The average molecular weight is 367 g/mol. The minimum absolute atomic E-state index is 0.0786. The van der Waals surface area contributed by atoms with E-state index in [2.05, 4.69) is 4.98 Å². The van der Waals surface area contributed by atoms with Crippen LogP contribution in [0.1, 0.15) is 47.5 Å². The van der Waals surface area contributed by atoms with Crippen molar-refractivity contribution in [3.63, 3.8) is 0 Å². The summed E-state index contributed by atoms with van der Waals surface area (Å²) in [6.07, 6.45) is 2.82. The zero-order chi connectivity index (χ0) is 19.2. The largest absolute Gasteiger partial charge is 0.491 e. The summed E-state index contributed by atoms with van der Waals surface area (Å²) < 4.78 is 11.7. The lowest BCUT2D eigenvalue weighted by molar-refractivity contribution is 0.0820. The van der Waals surface area contributed by atoms with Crippen LogP contribution in [0.5, 0.6) is 5.75 Å². The number of nitrogens with zero attached hydrogens (tertiary/aromatic N) is 1. The lowest BCUT2D eigenvalue weighted by Crippen LogP contribution is -2.29. The minimum atomic E-state index is -0.741. The molecule has 0 radical (unpaired) electrons. The normalized spacial score (nSPS) is 16.1. The van der Waals surface area contributed by atoms with Gasteiger partial charge in [-0.3, -0.25) is 9.78 Å². The molecule has 3 aromatic rings. The van der Waals surface area contributed by atoms with E-state index in [0.29, 0.717) is 28.2 Å². The smallest absolute Gasteiger partial charge is 0.197 e. The molecular formula is C21H21NO5. The molecule has 1 aliphatic rings. The molecule has 2 heterocycles. The van der Waals surface area contributed by atoms with Crippen molar-refractivity contribution in [2.75, 3.05) is 13.2 Å². The fourth-order valence-electron chi connectivity index (χ4n) is 3.62. The second-order valence-electron chi connectivity index (χ2n) is 7.32. The van der Waals surface area contributed by atoms with Crippen LogP contribution in [-0.2, 0) is 5.41 Å². The van der Waals surface area contributed by atoms with Crippen LogP contribution >= 0.6 is 0 Å². The standard InChI is InChI=1S/C21H21NO5/c1-21(2)16-9-13(26-11-12(24)6-8-23)3-4-14(16)19(25)18-15-10-22-7-5-17(15)27-20(18)21/h3-5,7,9-10,12,23-24H,6,8,11H2,1-2H3/t12-/m0/s1. The predicted octanol–water partition coefficient (Wildman–Crippen LogP) is 2.82. The number of fused-ring (bicyclic) bond motifs is 4. The quantitative estimate of drug-likeness (QED) is 0.720. The van der Waals surface area contributed by atoms with E-state index in [1.165, 1.54) is 0 Å². The summed E-state index contributed by atoms with van der Waals surface area (Å²) in [6.45, 7) is 4.00. The molecule has 4 rings (SSSR count). The van der Waals surface area contributed by atoms with Gasteiger partial charge in [-0.15, -0.1) is 0 Å². The van der Waals surface area contributed by atoms with Crippen LogP contribution in [0.3, 0.4) is 0 Å². The topological polar surface area (TPSA) is 92.8 Å². The Kier molecular flexibility index (Phi) is 4.25. The Balaban J connectivity index is 1.75. The Morgan fingerprint density at radius 2 is 2.11 bits per heavy atom. The van der Waals surface area contributed by atoms with Crippen LogP contribution in [-0.4, -0.2) is 40.3 Å². The minimum Gasteiger partial charge on any atom is -0.491 e. The number of ether oxygens (including phenoxy) is 1. The third kappa shape index (κ3) is 2.81. The molecule has 0 spiro atoms. The lowest BCUT2D eigenvalue weighted by atomic mass is 9.72. The second-order valence-corrected chi connectivity index (χ2v) is 7.32. The van der Waals surface area contributed by atoms with E-state index in [1.807, 2.05) is 19.9 Å². The number of pyridine rings is 1. The number of aromatic nitrogens is 1. The summed E-state index contributed by atoms with van der Waals surface area (Å²) in [6, 6.07) is 7.07. The fourth-order valence-corrected chi connectivity index (χ4v) is 3.62. The van der Waals surface area contributed by atoms with Gasteiger partial charge in [0.05, 0.1) is 17.1 Å². The fraction of sp³-hybridized carbons (Fsp3) is 0.333. The molecule has 0 unspecified atom stereocenters. The molecule has 0 amide bonds. The highest BCUT2D eigenvalue weighted by molar-refractivity contribution is 6.19. The summed E-state index contributed by atoms with van der Waals surface area (Å²) in [5.41, 5.74) is 2.12. The number of hydrogen-bond acceptors (Lipinski definition) is 6. The molecule has 6 heteroatoms. The van der Waals surface area contributed by atoms with Crippen molar-refractivity contribution in [2.45, 2.75) is 31.8 Å². The van der Waals surface area contributed by atoms with Crippen molar-refractivity contribution in [3.05, 3.63) is 59.1 Å². The number of benzene rings is 1. The predicted molar refractivity (Wildman–Crippen MR) is 99.2 cm³/mol.